The highest BCUT2D eigenvalue weighted by molar-refractivity contribution is 5.97. The van der Waals surface area contributed by atoms with Gasteiger partial charge in [0.15, 0.2) is 6.29 Å². The Bertz CT molecular complexity index is 640. The molecule has 0 spiro atoms. The van der Waals surface area contributed by atoms with Crippen LogP contribution in [0.5, 0.6) is 0 Å². The molecule has 0 unspecified atom stereocenters. The number of nitrogens with one attached hydrogen (secondary N) is 1. The molecule has 6 heteroatoms. The Morgan fingerprint density at radius 1 is 1.31 bits per heavy atom. The van der Waals surface area contributed by atoms with E-state index in [0.29, 0.717) is 11.4 Å². The van der Waals surface area contributed by atoms with Crippen molar-refractivity contribution in [1.29, 1.82) is 0 Å². The number of hydrogen-bond acceptors (Lipinski definition) is 4. The summed E-state index contributed by atoms with van der Waals surface area (Å²) in [6.45, 7) is 0. The average molecular weight is 213 g/mol. The molecular weight excluding hydrogens is 206 g/mol. The average Bonchev–Trinajstić information content (AvgIpc) is 2.97. The molecule has 0 amide bonds. The molecule has 3 aromatic heterocycles. The van der Waals surface area contributed by atoms with Crippen LogP contribution in [0.2, 0.25) is 0 Å². The highest BCUT2D eigenvalue weighted by atomic mass is 16.1. The minimum absolute atomic E-state index is 0.617. The van der Waals surface area contributed by atoms with Crippen LogP contribution in [0.25, 0.3) is 16.7 Å². The Morgan fingerprint density at radius 2 is 2.12 bits per heavy atom. The fourth-order valence-corrected chi connectivity index (χ4v) is 1.59. The zero-order chi connectivity index (χ0) is 11.0. The lowest BCUT2D eigenvalue weighted by Gasteiger charge is -1.99. The first kappa shape index (κ1) is 8.78. The summed E-state index contributed by atoms with van der Waals surface area (Å²) in [7, 11) is 0. The summed E-state index contributed by atoms with van der Waals surface area (Å²) in [5, 5.41) is 8.25. The predicted molar refractivity (Wildman–Crippen MR) is 56.4 cm³/mol. The lowest BCUT2D eigenvalue weighted by atomic mass is 10.2. The molecule has 0 radical (unpaired) electrons. The van der Waals surface area contributed by atoms with E-state index in [4.69, 9.17) is 0 Å². The van der Waals surface area contributed by atoms with Crippen LogP contribution in [-0.2, 0) is 0 Å². The molecule has 3 rings (SSSR count). The number of aldehydes is 1. The number of hydrogen-bond donors (Lipinski definition) is 1. The minimum Gasteiger partial charge on any atom is -0.359 e. The molecule has 0 saturated carbocycles. The molecule has 16 heavy (non-hydrogen) atoms. The smallest absolute Gasteiger partial charge is 0.152 e. The van der Waals surface area contributed by atoms with E-state index < -0.39 is 0 Å². The lowest BCUT2D eigenvalue weighted by molar-refractivity contribution is 0.112. The summed E-state index contributed by atoms with van der Waals surface area (Å²) in [4.78, 5) is 18.0. The Balaban J connectivity index is 2.25. The van der Waals surface area contributed by atoms with Crippen LogP contribution in [0.1, 0.15) is 10.4 Å². The van der Waals surface area contributed by atoms with Gasteiger partial charge in [-0.15, -0.1) is 10.2 Å². The zero-order valence-corrected chi connectivity index (χ0v) is 8.16. The van der Waals surface area contributed by atoms with Gasteiger partial charge in [0.25, 0.3) is 0 Å². The van der Waals surface area contributed by atoms with E-state index in [2.05, 4.69) is 20.2 Å². The Labute approximate surface area is 90.0 Å². The second-order valence-corrected chi connectivity index (χ2v) is 3.32. The second-order valence-electron chi connectivity index (χ2n) is 3.32. The predicted octanol–water partition coefficient (Wildman–Crippen LogP) is 0.956. The zero-order valence-electron chi connectivity index (χ0n) is 8.16. The van der Waals surface area contributed by atoms with Gasteiger partial charge in [0.1, 0.15) is 18.5 Å². The molecular formula is C10H7N5O. The largest absolute Gasteiger partial charge is 0.359 e. The topological polar surface area (TPSA) is 76.5 Å². The number of pyridine rings is 1. The van der Waals surface area contributed by atoms with E-state index in [1.165, 1.54) is 0 Å². The lowest BCUT2D eigenvalue weighted by Crippen LogP contribution is -1.93. The third kappa shape index (κ3) is 1.20. The van der Waals surface area contributed by atoms with E-state index in [-0.39, 0.29) is 0 Å². The van der Waals surface area contributed by atoms with Crippen LogP contribution >= 0.6 is 0 Å². The minimum atomic E-state index is 0.617. The Hall–Kier alpha value is -2.50. The van der Waals surface area contributed by atoms with Gasteiger partial charge in [0.2, 0.25) is 0 Å². The number of nitrogens with zero attached hydrogens (tertiary/aromatic N) is 4. The van der Waals surface area contributed by atoms with Gasteiger partial charge in [-0.2, -0.15) is 0 Å². The summed E-state index contributed by atoms with van der Waals surface area (Å²) >= 11 is 0. The second kappa shape index (κ2) is 3.27. The highest BCUT2D eigenvalue weighted by Crippen LogP contribution is 2.18. The molecule has 0 atom stereocenters. The van der Waals surface area contributed by atoms with Crippen molar-refractivity contribution in [2.45, 2.75) is 0 Å². The maximum Gasteiger partial charge on any atom is 0.152 e. The molecule has 0 aliphatic rings. The summed E-state index contributed by atoms with van der Waals surface area (Å²) in [5.41, 5.74) is 1.45. The molecule has 0 aromatic carbocycles. The normalized spacial score (nSPS) is 10.8. The molecule has 78 valence electrons. The number of carbonyl (C=O) groups excluding carboxylic acids is 1. The number of aromatic nitrogens is 5. The van der Waals surface area contributed by atoms with Crippen molar-refractivity contribution in [1.82, 2.24) is 24.7 Å². The maximum absolute atomic E-state index is 10.8. The highest BCUT2D eigenvalue weighted by Gasteiger charge is 2.05. The van der Waals surface area contributed by atoms with Crippen LogP contribution in [0, 0.1) is 0 Å². The molecule has 0 fully saturated rings. The number of aromatic amines is 1. The molecule has 6 nitrogen and oxygen atoms in total. The van der Waals surface area contributed by atoms with Crippen molar-refractivity contribution in [2.24, 2.45) is 0 Å². The van der Waals surface area contributed by atoms with Crippen LogP contribution in [0.4, 0.5) is 0 Å². The SMILES string of the molecule is O=Cc1c[nH]c2cnc(-n3cnnc3)cc12. The van der Waals surface area contributed by atoms with Gasteiger partial charge in [-0.25, -0.2) is 4.98 Å². The Morgan fingerprint density at radius 3 is 2.88 bits per heavy atom. The molecule has 0 bridgehead atoms. The quantitative estimate of drug-likeness (QED) is 0.643. The van der Waals surface area contributed by atoms with Crippen LogP contribution in [0.15, 0.2) is 31.1 Å². The van der Waals surface area contributed by atoms with Crippen LogP contribution in [0.3, 0.4) is 0 Å². The van der Waals surface area contributed by atoms with Gasteiger partial charge >= 0.3 is 0 Å². The van der Waals surface area contributed by atoms with E-state index in [0.717, 1.165) is 17.2 Å². The fraction of sp³-hybridized carbons (Fsp3) is 0. The van der Waals surface area contributed by atoms with E-state index in [1.54, 1.807) is 29.6 Å². The standard InChI is InChI=1S/C10H7N5O/c16-4-7-2-11-9-3-12-10(1-8(7)9)15-5-13-14-6-15/h1-6,11H. The number of carbonyl (C=O) groups is 1. The first-order valence-electron chi connectivity index (χ1n) is 4.66. The van der Waals surface area contributed by atoms with Gasteiger partial charge in [-0.1, -0.05) is 0 Å². The molecule has 1 N–H and O–H groups in total. The van der Waals surface area contributed by atoms with Crippen molar-refractivity contribution < 1.29 is 4.79 Å². The molecule has 3 heterocycles. The first-order chi connectivity index (χ1) is 7.88. The summed E-state index contributed by atoms with van der Waals surface area (Å²) < 4.78 is 1.68. The van der Waals surface area contributed by atoms with Gasteiger partial charge in [-0.05, 0) is 6.07 Å². The van der Waals surface area contributed by atoms with Crippen molar-refractivity contribution in [2.75, 3.05) is 0 Å². The maximum atomic E-state index is 10.8. The summed E-state index contributed by atoms with van der Waals surface area (Å²) in [5.74, 6) is 0.681. The van der Waals surface area contributed by atoms with Crippen molar-refractivity contribution >= 4 is 17.2 Å². The van der Waals surface area contributed by atoms with Crippen molar-refractivity contribution in [3.05, 3.63) is 36.7 Å². The van der Waals surface area contributed by atoms with E-state index in [1.807, 2.05) is 6.07 Å². The van der Waals surface area contributed by atoms with Gasteiger partial charge in [-0.3, -0.25) is 9.36 Å². The summed E-state index contributed by atoms with van der Waals surface area (Å²) in [6.07, 6.45) is 7.27. The monoisotopic (exact) mass is 213 g/mol. The number of fused-ring (bicyclic) bond motifs is 1. The molecule has 3 aromatic rings. The molecule has 0 aliphatic heterocycles. The van der Waals surface area contributed by atoms with Crippen molar-refractivity contribution in [3.8, 4) is 5.82 Å². The fourth-order valence-electron chi connectivity index (χ4n) is 1.59. The number of H-pyrrole nitrogens is 1. The van der Waals surface area contributed by atoms with E-state index in [9.17, 15) is 4.79 Å². The van der Waals surface area contributed by atoms with Gasteiger partial charge < -0.3 is 4.98 Å². The summed E-state index contributed by atoms with van der Waals surface area (Å²) in [6, 6.07) is 1.82. The van der Waals surface area contributed by atoms with Gasteiger partial charge in [0, 0.05) is 17.1 Å². The van der Waals surface area contributed by atoms with Crippen molar-refractivity contribution in [3.63, 3.8) is 0 Å². The van der Waals surface area contributed by atoms with Crippen LogP contribution in [-0.4, -0.2) is 31.0 Å². The molecule has 0 aliphatic carbocycles. The Kier molecular flexibility index (Phi) is 1.79. The van der Waals surface area contributed by atoms with Gasteiger partial charge in [0.05, 0.1) is 11.7 Å². The molecule has 0 saturated heterocycles. The van der Waals surface area contributed by atoms with E-state index >= 15 is 0 Å². The number of rotatable bonds is 2. The van der Waals surface area contributed by atoms with Crippen LogP contribution < -0.4 is 0 Å². The first-order valence-corrected chi connectivity index (χ1v) is 4.66. The third-order valence-corrected chi connectivity index (χ3v) is 2.39. The third-order valence-electron chi connectivity index (χ3n) is 2.39.